The third-order valence-corrected chi connectivity index (χ3v) is 3.13. The highest BCUT2D eigenvalue weighted by atomic mass is 32.2. The number of alkyl halides is 3. The average molecular weight is 284 g/mol. The number of rotatable bonds is 3. The van der Waals surface area contributed by atoms with Crippen LogP contribution in [-0.2, 0) is 10.1 Å². The van der Waals surface area contributed by atoms with Gasteiger partial charge in [0.2, 0.25) is 0 Å². The maximum atomic E-state index is 12.2. The summed E-state index contributed by atoms with van der Waals surface area (Å²) >= 11 is 0. The molecule has 0 aliphatic carbocycles. The van der Waals surface area contributed by atoms with E-state index < -0.39 is 21.4 Å². The van der Waals surface area contributed by atoms with E-state index in [1.54, 1.807) is 13.0 Å². The van der Waals surface area contributed by atoms with Gasteiger partial charge in [0.15, 0.2) is 0 Å². The van der Waals surface area contributed by atoms with Crippen LogP contribution in [0, 0.1) is 13.8 Å². The summed E-state index contributed by atoms with van der Waals surface area (Å²) in [7, 11) is -4.35. The number of ether oxygens (including phenoxy) is 1. The highest BCUT2D eigenvalue weighted by molar-refractivity contribution is 7.88. The second-order valence-corrected chi connectivity index (χ2v) is 5.11. The molecule has 0 heterocycles. The van der Waals surface area contributed by atoms with Gasteiger partial charge < -0.3 is 8.92 Å². The van der Waals surface area contributed by atoms with Crippen molar-refractivity contribution < 1.29 is 30.5 Å². The number of benzene rings is 1. The molecule has 4 nitrogen and oxygen atoms in total. The lowest BCUT2D eigenvalue weighted by Crippen LogP contribution is -2.28. The molecule has 0 saturated heterocycles. The Labute approximate surface area is 102 Å². The van der Waals surface area contributed by atoms with Crippen molar-refractivity contribution in [2.75, 3.05) is 7.11 Å². The zero-order chi connectivity index (χ0) is 14.1. The molecule has 8 heteroatoms. The van der Waals surface area contributed by atoms with Crippen LogP contribution in [0.2, 0.25) is 0 Å². The lowest BCUT2D eigenvalue weighted by molar-refractivity contribution is -0.0500. The van der Waals surface area contributed by atoms with Gasteiger partial charge in [0.1, 0.15) is 11.5 Å². The Bertz CT molecular complexity index is 549. The molecule has 0 aromatic heterocycles. The van der Waals surface area contributed by atoms with E-state index in [-0.39, 0.29) is 11.3 Å². The molecule has 102 valence electrons. The predicted octanol–water partition coefficient (Wildman–Crippen LogP) is 2.54. The Balaban J connectivity index is 3.25. The Morgan fingerprint density at radius 3 is 2.06 bits per heavy atom. The normalized spacial score (nSPS) is 12.3. The van der Waals surface area contributed by atoms with Crippen molar-refractivity contribution in [3.05, 3.63) is 23.3 Å². The maximum absolute atomic E-state index is 12.2. The molecule has 0 radical (unpaired) electrons. The van der Waals surface area contributed by atoms with Crippen molar-refractivity contribution in [1.82, 2.24) is 0 Å². The molecule has 0 spiro atoms. The number of aryl methyl sites for hydroxylation is 1. The van der Waals surface area contributed by atoms with E-state index in [2.05, 4.69) is 4.18 Å². The van der Waals surface area contributed by atoms with E-state index in [0.717, 1.165) is 0 Å². The summed E-state index contributed by atoms with van der Waals surface area (Å²) in [6, 6.07) is 2.75. The summed E-state index contributed by atoms with van der Waals surface area (Å²) in [6.45, 7) is 2.98. The van der Waals surface area contributed by atoms with Crippen LogP contribution in [0.15, 0.2) is 12.1 Å². The summed E-state index contributed by atoms with van der Waals surface area (Å²) in [4.78, 5) is 0. The molecule has 1 rings (SSSR count). The smallest absolute Gasteiger partial charge is 0.496 e. The first kappa shape index (κ1) is 14.6. The highest BCUT2D eigenvalue weighted by Crippen LogP contribution is 2.33. The first-order valence-corrected chi connectivity index (χ1v) is 6.15. The Kier molecular flexibility index (Phi) is 3.80. The molecule has 0 aliphatic rings. The van der Waals surface area contributed by atoms with E-state index in [0.29, 0.717) is 5.56 Å². The second kappa shape index (κ2) is 4.68. The molecule has 0 unspecified atom stereocenters. The van der Waals surface area contributed by atoms with Crippen molar-refractivity contribution in [3.63, 3.8) is 0 Å². The zero-order valence-corrected chi connectivity index (χ0v) is 10.6. The van der Waals surface area contributed by atoms with Gasteiger partial charge in [0.05, 0.1) is 7.11 Å². The minimum absolute atomic E-state index is 0.177. The van der Waals surface area contributed by atoms with Gasteiger partial charge in [-0.3, -0.25) is 0 Å². The number of methoxy groups -OCH3 is 1. The molecule has 18 heavy (non-hydrogen) atoms. The minimum Gasteiger partial charge on any atom is -0.496 e. The van der Waals surface area contributed by atoms with E-state index in [9.17, 15) is 21.6 Å². The second-order valence-electron chi connectivity index (χ2n) is 3.57. The van der Waals surface area contributed by atoms with E-state index in [1.165, 1.54) is 20.1 Å². The van der Waals surface area contributed by atoms with Crippen molar-refractivity contribution in [2.45, 2.75) is 19.4 Å². The minimum atomic E-state index is -5.67. The molecule has 0 aliphatic heterocycles. The Morgan fingerprint density at radius 1 is 1.11 bits per heavy atom. The summed E-state index contributed by atoms with van der Waals surface area (Å²) in [5.41, 5.74) is -4.77. The first-order valence-electron chi connectivity index (χ1n) is 4.74. The third-order valence-electron chi connectivity index (χ3n) is 2.16. The summed E-state index contributed by atoms with van der Waals surface area (Å²) in [5.74, 6) is -0.147. The van der Waals surface area contributed by atoms with Gasteiger partial charge in [-0.15, -0.1) is 0 Å². The molecule has 0 amide bonds. The van der Waals surface area contributed by atoms with Crippen LogP contribution >= 0.6 is 0 Å². The largest absolute Gasteiger partial charge is 0.534 e. The van der Waals surface area contributed by atoms with Gasteiger partial charge in [0, 0.05) is 5.56 Å². The maximum Gasteiger partial charge on any atom is 0.534 e. The molecule has 1 aromatic rings. The van der Waals surface area contributed by atoms with Gasteiger partial charge in [-0.05, 0) is 31.5 Å². The van der Waals surface area contributed by atoms with Crippen LogP contribution in [0.5, 0.6) is 11.5 Å². The van der Waals surface area contributed by atoms with Gasteiger partial charge >= 0.3 is 15.6 Å². The number of hydrogen-bond donors (Lipinski definition) is 0. The molecular weight excluding hydrogens is 273 g/mol. The third kappa shape index (κ3) is 2.87. The molecule has 1 aromatic carbocycles. The van der Waals surface area contributed by atoms with E-state index in [1.807, 2.05) is 0 Å². The van der Waals surface area contributed by atoms with Crippen LogP contribution in [-0.4, -0.2) is 21.0 Å². The topological polar surface area (TPSA) is 52.6 Å². The van der Waals surface area contributed by atoms with E-state index in [4.69, 9.17) is 4.74 Å². The summed E-state index contributed by atoms with van der Waals surface area (Å²) in [6.07, 6.45) is 0. The van der Waals surface area contributed by atoms with Crippen LogP contribution in [0.3, 0.4) is 0 Å². The molecule has 0 N–H and O–H groups in total. The summed E-state index contributed by atoms with van der Waals surface area (Å²) in [5, 5.41) is 0. The van der Waals surface area contributed by atoms with Crippen molar-refractivity contribution in [1.29, 1.82) is 0 Å². The fourth-order valence-electron chi connectivity index (χ4n) is 1.26. The van der Waals surface area contributed by atoms with Gasteiger partial charge in [0.25, 0.3) is 0 Å². The number of hydrogen-bond acceptors (Lipinski definition) is 4. The first-order chi connectivity index (χ1) is 8.08. The predicted molar refractivity (Wildman–Crippen MR) is 58.1 cm³/mol. The van der Waals surface area contributed by atoms with Crippen LogP contribution in [0.1, 0.15) is 11.1 Å². The fourth-order valence-corrected chi connectivity index (χ4v) is 1.76. The Morgan fingerprint density at radius 2 is 1.61 bits per heavy atom. The van der Waals surface area contributed by atoms with Gasteiger partial charge in [-0.25, -0.2) is 0 Å². The summed E-state index contributed by atoms with van der Waals surface area (Å²) < 4.78 is 67.4. The Hall–Kier alpha value is -1.44. The molecule has 0 saturated carbocycles. The highest BCUT2D eigenvalue weighted by Gasteiger charge is 2.48. The molecular formula is C10H11F3O4S. The lowest BCUT2D eigenvalue weighted by Gasteiger charge is -2.14. The van der Waals surface area contributed by atoms with Crippen LogP contribution in [0.4, 0.5) is 13.2 Å². The standard InChI is InChI=1S/C10H11F3O4S/c1-6-4-8(16-3)7(2)9(5-6)17-18(14,15)10(11,12)13/h4-5H,1-3H3. The van der Waals surface area contributed by atoms with E-state index >= 15 is 0 Å². The van der Waals surface area contributed by atoms with Crippen molar-refractivity contribution in [3.8, 4) is 11.5 Å². The molecule has 0 bridgehead atoms. The van der Waals surface area contributed by atoms with Gasteiger partial charge in [-0.2, -0.15) is 21.6 Å². The quantitative estimate of drug-likeness (QED) is 0.632. The molecule has 0 atom stereocenters. The monoisotopic (exact) mass is 284 g/mol. The average Bonchev–Trinajstić information content (AvgIpc) is 2.20. The molecule has 0 fully saturated rings. The van der Waals surface area contributed by atoms with Crippen LogP contribution < -0.4 is 8.92 Å². The lowest BCUT2D eigenvalue weighted by atomic mass is 10.1. The van der Waals surface area contributed by atoms with Gasteiger partial charge in [-0.1, -0.05) is 0 Å². The van der Waals surface area contributed by atoms with Crippen LogP contribution in [0.25, 0.3) is 0 Å². The SMILES string of the molecule is COc1cc(C)cc(OS(=O)(=O)C(F)(F)F)c1C. The van der Waals surface area contributed by atoms with Crippen molar-refractivity contribution >= 4 is 10.1 Å². The fraction of sp³-hybridized carbons (Fsp3) is 0.400. The van der Waals surface area contributed by atoms with Crippen molar-refractivity contribution in [2.24, 2.45) is 0 Å². The number of halogens is 3. The zero-order valence-electron chi connectivity index (χ0n) is 9.83.